The Morgan fingerprint density at radius 1 is 1.50 bits per heavy atom. The van der Waals surface area contributed by atoms with Crippen molar-refractivity contribution in [2.45, 2.75) is 12.5 Å². The van der Waals surface area contributed by atoms with Crippen LogP contribution in [0, 0.1) is 5.82 Å². The second kappa shape index (κ2) is 6.32. The number of benzene rings is 1. The molecule has 0 aliphatic carbocycles. The van der Waals surface area contributed by atoms with Crippen molar-refractivity contribution in [2.24, 2.45) is 0 Å². The van der Waals surface area contributed by atoms with E-state index in [0.29, 0.717) is 17.6 Å². The maximum atomic E-state index is 13.3. The molecule has 0 aromatic heterocycles. The Kier molecular flexibility index (Phi) is 4.72. The van der Waals surface area contributed by atoms with E-state index in [-0.39, 0.29) is 18.6 Å². The molecule has 1 aliphatic heterocycles. The minimum absolute atomic E-state index is 0.172. The van der Waals surface area contributed by atoms with Gasteiger partial charge in [-0.15, -0.1) is 0 Å². The van der Waals surface area contributed by atoms with Gasteiger partial charge in [0, 0.05) is 11.0 Å². The molecule has 0 saturated carbocycles. The number of nitrogens with zero attached hydrogens (tertiary/aromatic N) is 1. The van der Waals surface area contributed by atoms with Crippen LogP contribution in [0.3, 0.4) is 0 Å². The number of rotatable bonds is 3. The normalized spacial score (nSPS) is 18.9. The van der Waals surface area contributed by atoms with Gasteiger partial charge in [0.1, 0.15) is 5.82 Å². The Balaban J connectivity index is 2.25. The quantitative estimate of drug-likeness (QED) is 0.908. The van der Waals surface area contributed by atoms with Crippen LogP contribution >= 0.6 is 15.9 Å². The molecule has 1 fully saturated rings. The summed E-state index contributed by atoms with van der Waals surface area (Å²) in [6, 6.07) is 3.30. The number of ether oxygens (including phenoxy) is 1. The number of carbonyl (C=O) groups is 2. The third kappa shape index (κ3) is 3.34. The van der Waals surface area contributed by atoms with E-state index < -0.39 is 23.7 Å². The molecule has 1 heterocycles. The molecule has 1 saturated heterocycles. The molecule has 1 aromatic carbocycles. The minimum Gasteiger partial charge on any atom is -0.481 e. The first kappa shape index (κ1) is 14.9. The number of hydrogen-bond donors (Lipinski definition) is 1. The molecule has 1 aromatic rings. The van der Waals surface area contributed by atoms with Crippen LogP contribution in [0.15, 0.2) is 22.7 Å². The summed E-state index contributed by atoms with van der Waals surface area (Å²) in [5.41, 5.74) is 0.183. The Hall–Kier alpha value is -1.47. The second-order valence-electron chi connectivity index (χ2n) is 4.45. The number of carbonyl (C=O) groups excluding carboxylic acids is 1. The summed E-state index contributed by atoms with van der Waals surface area (Å²) in [6.07, 6.45) is -0.196. The van der Waals surface area contributed by atoms with Gasteiger partial charge in [0.25, 0.3) is 5.91 Å². The number of aliphatic carboxylic acids is 1. The molecular weight excluding hydrogens is 333 g/mol. The van der Waals surface area contributed by atoms with Crippen molar-refractivity contribution in [3.63, 3.8) is 0 Å². The van der Waals surface area contributed by atoms with Crippen LogP contribution in [0.5, 0.6) is 0 Å². The van der Waals surface area contributed by atoms with Crippen molar-refractivity contribution in [1.82, 2.24) is 4.90 Å². The van der Waals surface area contributed by atoms with Crippen molar-refractivity contribution in [3.8, 4) is 0 Å². The summed E-state index contributed by atoms with van der Waals surface area (Å²) in [7, 11) is 0. The molecule has 1 N–H and O–H groups in total. The van der Waals surface area contributed by atoms with Crippen LogP contribution in [-0.2, 0) is 9.53 Å². The van der Waals surface area contributed by atoms with Crippen LogP contribution < -0.4 is 0 Å². The molecule has 0 spiro atoms. The first-order valence-electron chi connectivity index (χ1n) is 6.04. The largest absolute Gasteiger partial charge is 0.481 e. The van der Waals surface area contributed by atoms with Gasteiger partial charge >= 0.3 is 5.97 Å². The van der Waals surface area contributed by atoms with Crippen LogP contribution in [0.1, 0.15) is 16.8 Å². The molecule has 1 aliphatic rings. The fraction of sp³-hybridized carbons (Fsp3) is 0.385. The molecule has 2 rings (SSSR count). The van der Waals surface area contributed by atoms with E-state index in [1.54, 1.807) is 0 Å². The lowest BCUT2D eigenvalue weighted by Crippen LogP contribution is -2.49. The van der Waals surface area contributed by atoms with E-state index in [1.165, 1.54) is 17.0 Å². The summed E-state index contributed by atoms with van der Waals surface area (Å²) in [5.74, 6) is -1.91. The molecule has 0 bridgehead atoms. The highest BCUT2D eigenvalue weighted by atomic mass is 79.9. The number of halogens is 2. The number of hydrogen-bond acceptors (Lipinski definition) is 3. The van der Waals surface area contributed by atoms with Gasteiger partial charge in [0.2, 0.25) is 0 Å². The van der Waals surface area contributed by atoms with E-state index >= 15 is 0 Å². The predicted octanol–water partition coefficient (Wildman–Crippen LogP) is 1.90. The van der Waals surface area contributed by atoms with Gasteiger partial charge in [-0.1, -0.05) is 0 Å². The summed E-state index contributed by atoms with van der Waals surface area (Å²) >= 11 is 3.21. The predicted molar refractivity (Wildman–Crippen MR) is 72.0 cm³/mol. The van der Waals surface area contributed by atoms with Gasteiger partial charge < -0.3 is 14.7 Å². The van der Waals surface area contributed by atoms with Gasteiger partial charge in [-0.2, -0.15) is 0 Å². The lowest BCUT2D eigenvalue weighted by molar-refractivity contribution is -0.139. The zero-order chi connectivity index (χ0) is 14.7. The van der Waals surface area contributed by atoms with Crippen LogP contribution in [0.2, 0.25) is 0 Å². The van der Waals surface area contributed by atoms with Gasteiger partial charge in [-0.25, -0.2) is 4.39 Å². The highest BCUT2D eigenvalue weighted by Gasteiger charge is 2.30. The number of amides is 1. The van der Waals surface area contributed by atoms with Crippen molar-refractivity contribution in [2.75, 3.05) is 19.8 Å². The maximum absolute atomic E-state index is 13.3. The van der Waals surface area contributed by atoms with E-state index in [1.807, 2.05) is 0 Å². The van der Waals surface area contributed by atoms with Gasteiger partial charge in [0.15, 0.2) is 0 Å². The van der Waals surface area contributed by atoms with Crippen LogP contribution in [0.25, 0.3) is 0 Å². The smallest absolute Gasteiger partial charge is 0.305 e. The van der Waals surface area contributed by atoms with Crippen LogP contribution in [-0.4, -0.2) is 47.7 Å². The average Bonchev–Trinajstić information content (AvgIpc) is 2.41. The highest BCUT2D eigenvalue weighted by molar-refractivity contribution is 9.10. The number of carboxylic acids is 1. The Morgan fingerprint density at radius 2 is 2.25 bits per heavy atom. The molecule has 108 valence electrons. The SMILES string of the molecule is O=C(O)CC1COCCN1C(=O)c1cc(F)ccc1Br. The topological polar surface area (TPSA) is 66.8 Å². The standard InChI is InChI=1S/C13H13BrFNO4/c14-11-2-1-8(15)5-10(11)13(19)16-3-4-20-7-9(16)6-12(17)18/h1-2,5,9H,3-4,6-7H2,(H,17,18). The van der Waals surface area contributed by atoms with Crippen molar-refractivity contribution >= 4 is 27.8 Å². The highest BCUT2D eigenvalue weighted by Crippen LogP contribution is 2.22. The zero-order valence-electron chi connectivity index (χ0n) is 10.5. The van der Waals surface area contributed by atoms with E-state index in [0.717, 1.165) is 6.07 Å². The van der Waals surface area contributed by atoms with E-state index in [9.17, 15) is 14.0 Å². The molecule has 1 amide bonds. The van der Waals surface area contributed by atoms with Crippen molar-refractivity contribution in [1.29, 1.82) is 0 Å². The first-order chi connectivity index (χ1) is 9.49. The number of morpholine rings is 1. The molecule has 7 heteroatoms. The molecule has 1 unspecified atom stereocenters. The number of carboxylic acid groups (broad SMARTS) is 1. The maximum Gasteiger partial charge on any atom is 0.305 e. The van der Waals surface area contributed by atoms with E-state index in [4.69, 9.17) is 9.84 Å². The zero-order valence-corrected chi connectivity index (χ0v) is 12.1. The third-order valence-electron chi connectivity index (χ3n) is 3.06. The first-order valence-corrected chi connectivity index (χ1v) is 6.84. The van der Waals surface area contributed by atoms with Gasteiger partial charge in [-0.3, -0.25) is 9.59 Å². The fourth-order valence-corrected chi connectivity index (χ4v) is 2.53. The van der Waals surface area contributed by atoms with Crippen molar-refractivity contribution < 1.29 is 23.8 Å². The summed E-state index contributed by atoms with van der Waals surface area (Å²) in [4.78, 5) is 24.7. The fourth-order valence-electron chi connectivity index (χ4n) is 2.11. The molecule has 0 radical (unpaired) electrons. The molecule has 20 heavy (non-hydrogen) atoms. The summed E-state index contributed by atoms with van der Waals surface area (Å²) in [5, 5.41) is 8.87. The summed E-state index contributed by atoms with van der Waals surface area (Å²) < 4.78 is 19.0. The molecular formula is C13H13BrFNO4. The average molecular weight is 346 g/mol. The van der Waals surface area contributed by atoms with E-state index in [2.05, 4.69) is 15.9 Å². The molecule has 1 atom stereocenters. The summed E-state index contributed by atoms with van der Waals surface area (Å²) in [6.45, 7) is 0.805. The molecule has 5 nitrogen and oxygen atoms in total. The Morgan fingerprint density at radius 3 is 2.95 bits per heavy atom. The minimum atomic E-state index is -1.00. The second-order valence-corrected chi connectivity index (χ2v) is 5.30. The lowest BCUT2D eigenvalue weighted by atomic mass is 10.1. The Bertz CT molecular complexity index is 537. The third-order valence-corrected chi connectivity index (χ3v) is 3.75. The lowest BCUT2D eigenvalue weighted by Gasteiger charge is -2.35. The van der Waals surface area contributed by atoms with Crippen LogP contribution in [0.4, 0.5) is 4.39 Å². The van der Waals surface area contributed by atoms with Gasteiger partial charge in [0.05, 0.1) is 31.2 Å². The Labute approximate surface area is 123 Å². The van der Waals surface area contributed by atoms with Crippen molar-refractivity contribution in [3.05, 3.63) is 34.1 Å². The monoisotopic (exact) mass is 345 g/mol. The van der Waals surface area contributed by atoms with Gasteiger partial charge in [-0.05, 0) is 34.1 Å².